The van der Waals surface area contributed by atoms with Gasteiger partial charge in [0.15, 0.2) is 0 Å². The first kappa shape index (κ1) is 18.2. The van der Waals surface area contributed by atoms with Crippen LogP contribution in [0.4, 0.5) is 4.39 Å². The van der Waals surface area contributed by atoms with Gasteiger partial charge in [0.1, 0.15) is 6.67 Å². The van der Waals surface area contributed by atoms with Crippen molar-refractivity contribution in [3.05, 3.63) is 48.0 Å². The molecule has 0 radical (unpaired) electrons. The van der Waals surface area contributed by atoms with E-state index in [1.165, 1.54) is 10.8 Å². The Labute approximate surface area is 137 Å². The van der Waals surface area contributed by atoms with Crippen LogP contribution in [0.5, 0.6) is 0 Å². The third-order valence-corrected chi connectivity index (χ3v) is 3.92. The number of hydrogen-bond donors (Lipinski definition) is 1. The summed E-state index contributed by atoms with van der Waals surface area (Å²) in [7, 11) is 0. The van der Waals surface area contributed by atoms with E-state index in [9.17, 15) is 4.39 Å². The number of benzene rings is 2. The highest BCUT2D eigenvalue weighted by Crippen LogP contribution is 2.28. The lowest BCUT2D eigenvalue weighted by atomic mass is 9.98. The summed E-state index contributed by atoms with van der Waals surface area (Å²) in [5, 5.41) is 5.68. The molecule has 5 heteroatoms. The van der Waals surface area contributed by atoms with Gasteiger partial charge >= 0.3 is 0 Å². The number of halogens is 3. The van der Waals surface area contributed by atoms with E-state index in [1.807, 2.05) is 18.2 Å². The maximum Gasteiger partial charge on any atom is 0.109 e. The minimum atomic E-state index is -0.325. The molecule has 0 bridgehead atoms. The third kappa shape index (κ3) is 3.86. The summed E-state index contributed by atoms with van der Waals surface area (Å²) < 4.78 is 13.6. The summed E-state index contributed by atoms with van der Waals surface area (Å²) in [6.45, 7) is 3.39. The van der Waals surface area contributed by atoms with Crippen LogP contribution in [0.15, 0.2) is 42.5 Å². The number of fused-ring (bicyclic) bond motifs is 1. The molecule has 1 fully saturated rings. The second-order valence-electron chi connectivity index (χ2n) is 5.02. The van der Waals surface area contributed by atoms with Gasteiger partial charge in [-0.3, -0.25) is 4.90 Å². The number of nitrogens with one attached hydrogen (secondary N) is 1. The smallest absolute Gasteiger partial charge is 0.109 e. The van der Waals surface area contributed by atoms with E-state index in [2.05, 4.69) is 34.5 Å². The highest BCUT2D eigenvalue weighted by atomic mass is 35.5. The second-order valence-corrected chi connectivity index (χ2v) is 5.02. The van der Waals surface area contributed by atoms with Gasteiger partial charge in [0.25, 0.3) is 0 Å². The number of piperazine rings is 1. The molecule has 21 heavy (non-hydrogen) atoms. The molecule has 1 heterocycles. The zero-order valence-corrected chi connectivity index (χ0v) is 13.4. The maximum atomic E-state index is 13.6. The van der Waals surface area contributed by atoms with E-state index in [1.54, 1.807) is 0 Å². The molecule has 0 amide bonds. The van der Waals surface area contributed by atoms with Gasteiger partial charge in [-0.25, -0.2) is 4.39 Å². The average Bonchev–Trinajstić information content (AvgIpc) is 2.49. The molecular weight excluding hydrogens is 310 g/mol. The summed E-state index contributed by atoms with van der Waals surface area (Å²) in [4.78, 5) is 2.25. The molecule has 1 atom stereocenters. The van der Waals surface area contributed by atoms with Gasteiger partial charge in [-0.2, -0.15) is 0 Å². The van der Waals surface area contributed by atoms with Crippen molar-refractivity contribution in [1.82, 2.24) is 10.2 Å². The van der Waals surface area contributed by atoms with Crippen molar-refractivity contribution in [3.8, 4) is 0 Å². The highest BCUT2D eigenvalue weighted by Gasteiger charge is 2.23. The first-order valence-electron chi connectivity index (χ1n) is 6.88. The zero-order chi connectivity index (χ0) is 13.1. The number of alkyl halides is 1. The first-order chi connectivity index (χ1) is 9.40. The Morgan fingerprint density at radius 1 is 1.00 bits per heavy atom. The lowest BCUT2D eigenvalue weighted by molar-refractivity contribution is 0.148. The standard InChI is InChI=1S/C16H19FN2.2ClH/c17-12-16(19-10-8-18-9-11-19)15-7-3-5-13-4-1-2-6-14(13)15;;/h1-7,16,18H,8-12H2;2*1H/t16-;;/m1../s1. The molecular formula is C16H21Cl2FN2. The molecule has 0 unspecified atom stereocenters. The minimum Gasteiger partial charge on any atom is -0.314 e. The van der Waals surface area contributed by atoms with Gasteiger partial charge < -0.3 is 5.32 Å². The van der Waals surface area contributed by atoms with Crippen LogP contribution in [0.3, 0.4) is 0 Å². The van der Waals surface area contributed by atoms with E-state index >= 15 is 0 Å². The minimum absolute atomic E-state index is 0. The SMILES string of the molecule is Cl.Cl.FC[C@H](c1cccc2ccccc12)N1CCNCC1. The Morgan fingerprint density at radius 2 is 1.67 bits per heavy atom. The van der Waals surface area contributed by atoms with Crippen molar-refractivity contribution in [1.29, 1.82) is 0 Å². The van der Waals surface area contributed by atoms with Gasteiger partial charge in [0.2, 0.25) is 0 Å². The van der Waals surface area contributed by atoms with E-state index in [0.29, 0.717) is 0 Å². The summed E-state index contributed by atoms with van der Waals surface area (Å²) in [5.41, 5.74) is 1.11. The summed E-state index contributed by atoms with van der Waals surface area (Å²) >= 11 is 0. The predicted molar refractivity (Wildman–Crippen MR) is 91.6 cm³/mol. The lowest BCUT2D eigenvalue weighted by Gasteiger charge is -2.34. The van der Waals surface area contributed by atoms with E-state index in [4.69, 9.17) is 0 Å². The lowest BCUT2D eigenvalue weighted by Crippen LogP contribution is -2.45. The molecule has 0 aromatic heterocycles. The van der Waals surface area contributed by atoms with Crippen LogP contribution < -0.4 is 5.32 Å². The summed E-state index contributed by atoms with van der Waals surface area (Å²) in [6.07, 6.45) is 0. The Bertz CT molecular complexity index is 553. The summed E-state index contributed by atoms with van der Waals surface area (Å²) in [5.74, 6) is 0. The molecule has 0 spiro atoms. The maximum absolute atomic E-state index is 13.6. The Balaban J connectivity index is 0.00000110. The topological polar surface area (TPSA) is 15.3 Å². The molecule has 1 aliphatic heterocycles. The molecule has 1 N–H and O–H groups in total. The van der Waals surface area contributed by atoms with Crippen molar-refractivity contribution >= 4 is 35.6 Å². The molecule has 3 rings (SSSR count). The fourth-order valence-corrected chi connectivity index (χ4v) is 2.91. The van der Waals surface area contributed by atoms with Crippen molar-refractivity contribution in [2.45, 2.75) is 6.04 Å². The van der Waals surface area contributed by atoms with E-state index < -0.39 is 0 Å². The van der Waals surface area contributed by atoms with E-state index in [0.717, 1.165) is 31.7 Å². The molecule has 0 saturated carbocycles. The fraction of sp³-hybridized carbons (Fsp3) is 0.375. The number of hydrogen-bond acceptors (Lipinski definition) is 2. The second kappa shape index (κ2) is 8.54. The van der Waals surface area contributed by atoms with Crippen molar-refractivity contribution in [2.75, 3.05) is 32.9 Å². The van der Waals surface area contributed by atoms with Crippen LogP contribution in [-0.2, 0) is 0 Å². The Kier molecular flexibility index (Phi) is 7.40. The highest BCUT2D eigenvalue weighted by molar-refractivity contribution is 5.86. The molecule has 1 saturated heterocycles. The van der Waals surface area contributed by atoms with Crippen LogP contribution in [0.25, 0.3) is 10.8 Å². The fourth-order valence-electron chi connectivity index (χ4n) is 2.91. The van der Waals surface area contributed by atoms with Crippen LogP contribution in [0.2, 0.25) is 0 Å². The quantitative estimate of drug-likeness (QED) is 0.924. The molecule has 2 aromatic rings. The van der Waals surface area contributed by atoms with Crippen LogP contribution in [0.1, 0.15) is 11.6 Å². The van der Waals surface area contributed by atoms with Gasteiger partial charge in [-0.15, -0.1) is 24.8 Å². The third-order valence-electron chi connectivity index (χ3n) is 3.92. The van der Waals surface area contributed by atoms with E-state index in [-0.39, 0.29) is 37.5 Å². The average molecular weight is 331 g/mol. The molecule has 116 valence electrons. The van der Waals surface area contributed by atoms with Gasteiger partial charge in [0, 0.05) is 26.2 Å². The van der Waals surface area contributed by atoms with Crippen molar-refractivity contribution in [3.63, 3.8) is 0 Å². The molecule has 2 aromatic carbocycles. The monoisotopic (exact) mass is 330 g/mol. The van der Waals surface area contributed by atoms with Crippen LogP contribution in [-0.4, -0.2) is 37.8 Å². The molecule has 1 aliphatic rings. The number of nitrogens with zero attached hydrogens (tertiary/aromatic N) is 1. The zero-order valence-electron chi connectivity index (χ0n) is 11.8. The largest absolute Gasteiger partial charge is 0.314 e. The molecule has 0 aliphatic carbocycles. The first-order valence-corrected chi connectivity index (χ1v) is 6.88. The molecule has 2 nitrogen and oxygen atoms in total. The van der Waals surface area contributed by atoms with Crippen LogP contribution >= 0.6 is 24.8 Å². The Hall–Kier alpha value is -0.870. The summed E-state index contributed by atoms with van der Waals surface area (Å²) in [6, 6.07) is 14.3. The van der Waals surface area contributed by atoms with Gasteiger partial charge in [-0.1, -0.05) is 42.5 Å². The van der Waals surface area contributed by atoms with Gasteiger partial charge in [0.05, 0.1) is 6.04 Å². The van der Waals surface area contributed by atoms with Crippen molar-refractivity contribution < 1.29 is 4.39 Å². The predicted octanol–water partition coefficient (Wildman–Crippen LogP) is 3.60. The van der Waals surface area contributed by atoms with Crippen LogP contribution in [0, 0.1) is 0 Å². The Morgan fingerprint density at radius 3 is 2.38 bits per heavy atom. The normalized spacial score (nSPS) is 16.8. The number of rotatable bonds is 3. The van der Waals surface area contributed by atoms with Crippen molar-refractivity contribution in [2.24, 2.45) is 0 Å². The van der Waals surface area contributed by atoms with Gasteiger partial charge in [-0.05, 0) is 16.3 Å².